The topological polar surface area (TPSA) is 61.4 Å². The van der Waals surface area contributed by atoms with Crippen LogP contribution in [-0.4, -0.2) is 29.5 Å². The van der Waals surface area contributed by atoms with Gasteiger partial charge in [0, 0.05) is 40.8 Å². The van der Waals surface area contributed by atoms with E-state index < -0.39 is 47.1 Å². The fourth-order valence-electron chi connectivity index (χ4n) is 4.14. The molecule has 0 aliphatic heterocycles. The van der Waals surface area contributed by atoms with Crippen molar-refractivity contribution >= 4 is 11.6 Å². The molecule has 40 heavy (non-hydrogen) atoms. The third-order valence-electron chi connectivity index (χ3n) is 6.04. The molecule has 0 radical (unpaired) electrons. The molecule has 0 unspecified atom stereocenters. The number of halogens is 8. The van der Waals surface area contributed by atoms with Crippen LogP contribution >= 0.6 is 11.6 Å². The molecule has 5 rings (SSSR count). The van der Waals surface area contributed by atoms with Crippen LogP contribution in [0.3, 0.4) is 0 Å². The Kier molecular flexibility index (Phi) is 7.32. The highest BCUT2D eigenvalue weighted by molar-refractivity contribution is 6.31. The van der Waals surface area contributed by atoms with Crippen molar-refractivity contribution in [3.8, 4) is 22.3 Å². The zero-order valence-electron chi connectivity index (χ0n) is 20.0. The largest absolute Gasteiger partial charge is 0.433 e. The van der Waals surface area contributed by atoms with Crippen molar-refractivity contribution in [2.75, 3.05) is 0 Å². The van der Waals surface area contributed by atoms with Gasteiger partial charge in [-0.3, -0.25) is 19.3 Å². The molecular formula is C26H16ClF7N6. The number of benzene rings is 1. The summed E-state index contributed by atoms with van der Waals surface area (Å²) in [5, 5.41) is 7.85. The zero-order chi connectivity index (χ0) is 28.6. The van der Waals surface area contributed by atoms with Crippen LogP contribution in [0.5, 0.6) is 0 Å². The Hall–Kier alpha value is -4.26. The van der Waals surface area contributed by atoms with Gasteiger partial charge in [-0.15, -0.1) is 0 Å². The van der Waals surface area contributed by atoms with Crippen LogP contribution < -0.4 is 0 Å². The summed E-state index contributed by atoms with van der Waals surface area (Å²) < 4.78 is 97.7. The molecule has 14 heteroatoms. The highest BCUT2D eigenvalue weighted by Gasteiger charge is 2.32. The lowest BCUT2D eigenvalue weighted by Gasteiger charge is -2.18. The predicted molar refractivity (Wildman–Crippen MR) is 130 cm³/mol. The molecule has 0 saturated heterocycles. The van der Waals surface area contributed by atoms with Gasteiger partial charge in [-0.05, 0) is 29.8 Å². The highest BCUT2D eigenvalue weighted by Crippen LogP contribution is 2.37. The molecule has 0 fully saturated rings. The summed E-state index contributed by atoms with van der Waals surface area (Å²) in [5.41, 5.74) is -1.14. The summed E-state index contributed by atoms with van der Waals surface area (Å²) in [4.78, 5) is 7.68. The molecule has 4 aromatic heterocycles. The third kappa shape index (κ3) is 5.55. The van der Waals surface area contributed by atoms with E-state index in [0.717, 1.165) is 36.8 Å². The van der Waals surface area contributed by atoms with Gasteiger partial charge < -0.3 is 0 Å². The SMILES string of the molecule is Fc1cnn(C[C@H](c2ccc(-c3c(C(F)F)ccc(Cl)c3F)cn2)n2cc(-c3ccnc(C(F)(F)F)c3)cn2)c1. The fraction of sp³-hybridized carbons (Fsp3) is 0.154. The molecule has 0 saturated carbocycles. The van der Waals surface area contributed by atoms with Crippen LogP contribution in [0.2, 0.25) is 5.02 Å². The Morgan fingerprint density at radius 1 is 0.850 bits per heavy atom. The molecule has 0 bridgehead atoms. The number of alkyl halides is 5. The predicted octanol–water partition coefficient (Wildman–Crippen LogP) is 7.38. The molecular weight excluding hydrogens is 565 g/mol. The van der Waals surface area contributed by atoms with Gasteiger partial charge in [0.25, 0.3) is 6.43 Å². The first kappa shape index (κ1) is 27.3. The first-order valence-electron chi connectivity index (χ1n) is 11.5. The average Bonchev–Trinajstić information content (AvgIpc) is 3.57. The van der Waals surface area contributed by atoms with Gasteiger partial charge in [0.1, 0.15) is 17.6 Å². The minimum absolute atomic E-state index is 0.00462. The van der Waals surface area contributed by atoms with E-state index in [9.17, 15) is 30.7 Å². The number of hydrogen-bond donors (Lipinski definition) is 0. The van der Waals surface area contributed by atoms with Crippen LogP contribution in [0.1, 0.15) is 29.4 Å². The lowest BCUT2D eigenvalue weighted by Crippen LogP contribution is -2.19. The molecule has 6 nitrogen and oxygen atoms in total. The summed E-state index contributed by atoms with van der Waals surface area (Å²) >= 11 is 5.82. The zero-order valence-corrected chi connectivity index (χ0v) is 20.8. The van der Waals surface area contributed by atoms with E-state index >= 15 is 0 Å². The maximum Gasteiger partial charge on any atom is 0.433 e. The van der Waals surface area contributed by atoms with E-state index in [4.69, 9.17) is 11.6 Å². The van der Waals surface area contributed by atoms with E-state index in [1.165, 1.54) is 46.2 Å². The molecule has 0 aliphatic rings. The molecule has 1 aromatic carbocycles. The van der Waals surface area contributed by atoms with Crippen molar-refractivity contribution in [3.05, 3.63) is 107 Å². The molecule has 0 spiro atoms. The van der Waals surface area contributed by atoms with E-state index in [1.54, 1.807) is 0 Å². The molecule has 0 aliphatic carbocycles. The maximum absolute atomic E-state index is 14.8. The van der Waals surface area contributed by atoms with Crippen LogP contribution in [0, 0.1) is 11.6 Å². The molecule has 1 atom stereocenters. The van der Waals surface area contributed by atoms with Crippen LogP contribution in [0.4, 0.5) is 30.7 Å². The first-order valence-corrected chi connectivity index (χ1v) is 11.9. The van der Waals surface area contributed by atoms with Crippen molar-refractivity contribution in [1.82, 2.24) is 29.5 Å². The maximum atomic E-state index is 14.8. The highest BCUT2D eigenvalue weighted by atomic mass is 35.5. The lowest BCUT2D eigenvalue weighted by atomic mass is 9.99. The van der Waals surface area contributed by atoms with Crippen molar-refractivity contribution in [2.45, 2.75) is 25.2 Å². The Morgan fingerprint density at radius 2 is 1.65 bits per heavy atom. The normalized spacial score (nSPS) is 12.7. The Bertz CT molecular complexity index is 1650. The van der Waals surface area contributed by atoms with Crippen molar-refractivity contribution in [1.29, 1.82) is 0 Å². The van der Waals surface area contributed by atoms with Gasteiger partial charge in [-0.2, -0.15) is 23.4 Å². The molecule has 206 valence electrons. The van der Waals surface area contributed by atoms with Crippen LogP contribution in [-0.2, 0) is 12.7 Å². The van der Waals surface area contributed by atoms with Gasteiger partial charge in [-0.1, -0.05) is 23.7 Å². The van der Waals surface area contributed by atoms with Gasteiger partial charge in [0.15, 0.2) is 5.82 Å². The molecule has 0 N–H and O–H groups in total. The summed E-state index contributed by atoms with van der Waals surface area (Å²) in [5.74, 6) is -1.62. The van der Waals surface area contributed by atoms with E-state index in [1.807, 2.05) is 0 Å². The lowest BCUT2D eigenvalue weighted by molar-refractivity contribution is -0.141. The average molecular weight is 581 g/mol. The van der Waals surface area contributed by atoms with Crippen LogP contribution in [0.25, 0.3) is 22.3 Å². The van der Waals surface area contributed by atoms with Gasteiger partial charge in [0.05, 0.1) is 35.9 Å². The Morgan fingerprint density at radius 3 is 2.30 bits per heavy atom. The third-order valence-corrected chi connectivity index (χ3v) is 6.34. The minimum Gasteiger partial charge on any atom is -0.267 e. The van der Waals surface area contributed by atoms with Crippen molar-refractivity contribution in [2.24, 2.45) is 0 Å². The van der Waals surface area contributed by atoms with E-state index in [0.29, 0.717) is 11.3 Å². The number of nitrogens with zero attached hydrogens (tertiary/aromatic N) is 6. The smallest absolute Gasteiger partial charge is 0.267 e. The summed E-state index contributed by atoms with van der Waals surface area (Å²) in [6.45, 7) is -0.00462. The minimum atomic E-state index is -4.64. The second-order valence-electron chi connectivity index (χ2n) is 8.63. The molecule has 0 amide bonds. The summed E-state index contributed by atoms with van der Waals surface area (Å²) in [6.07, 6.45) is -0.462. The number of rotatable bonds is 7. The number of pyridine rings is 2. The Labute approximate surface area is 226 Å². The summed E-state index contributed by atoms with van der Waals surface area (Å²) in [7, 11) is 0. The van der Waals surface area contributed by atoms with Crippen molar-refractivity contribution in [3.63, 3.8) is 0 Å². The fourth-order valence-corrected chi connectivity index (χ4v) is 4.30. The summed E-state index contributed by atoms with van der Waals surface area (Å²) in [6, 6.07) is 6.40. The number of hydrogen-bond acceptors (Lipinski definition) is 4. The van der Waals surface area contributed by atoms with Gasteiger partial charge in [0.2, 0.25) is 0 Å². The van der Waals surface area contributed by atoms with Gasteiger partial charge >= 0.3 is 6.18 Å². The van der Waals surface area contributed by atoms with Crippen LogP contribution in [0.15, 0.2) is 73.6 Å². The standard InChI is InChI=1S/C26H16ClF7N6/c27-19-3-2-18(25(30)31)23(24(19)29)15-1-4-20(36-8-15)21(13-39-12-17(28)10-37-39)40-11-16(9-38-40)14-5-6-35-22(7-14)26(32,33)34/h1-12,21,25H,13H2/t21-/m1/s1. The first-order chi connectivity index (χ1) is 19.0. The monoisotopic (exact) mass is 580 g/mol. The second kappa shape index (κ2) is 10.7. The van der Waals surface area contributed by atoms with Crippen molar-refractivity contribution < 1.29 is 30.7 Å². The van der Waals surface area contributed by atoms with E-state index in [2.05, 4.69) is 20.2 Å². The molecule has 4 heterocycles. The van der Waals surface area contributed by atoms with Gasteiger partial charge in [-0.25, -0.2) is 17.6 Å². The Balaban J connectivity index is 1.53. The second-order valence-corrected chi connectivity index (χ2v) is 9.04. The molecule has 5 aromatic rings. The quantitative estimate of drug-likeness (QED) is 0.188. The van der Waals surface area contributed by atoms with E-state index in [-0.39, 0.29) is 22.7 Å². The number of aromatic nitrogens is 6.